The van der Waals surface area contributed by atoms with E-state index < -0.39 is 11.5 Å². The van der Waals surface area contributed by atoms with Gasteiger partial charge >= 0.3 is 5.97 Å². The van der Waals surface area contributed by atoms with Crippen LogP contribution in [-0.4, -0.2) is 35.2 Å². The molecule has 1 aliphatic carbocycles. The van der Waals surface area contributed by atoms with Crippen LogP contribution in [0.3, 0.4) is 0 Å². The summed E-state index contributed by atoms with van der Waals surface area (Å²) in [4.78, 5) is 11.0. The van der Waals surface area contributed by atoms with Gasteiger partial charge in [-0.25, -0.2) is 0 Å². The molecule has 0 aromatic rings. The second-order valence-electron chi connectivity index (χ2n) is 4.86. The number of carboxylic acids is 1. The highest BCUT2D eigenvalue weighted by Gasteiger charge is 2.30. The number of aliphatic carboxylic acids is 1. The van der Waals surface area contributed by atoms with E-state index >= 15 is 0 Å². The molecule has 0 amide bonds. The second kappa shape index (κ2) is 6.50. The molecule has 0 aliphatic heterocycles. The third-order valence-electron chi connectivity index (χ3n) is 3.60. The third-order valence-corrected chi connectivity index (χ3v) is 4.80. The number of nitrogens with one attached hydrogen (secondary N) is 1. The van der Waals surface area contributed by atoms with Gasteiger partial charge in [0, 0.05) is 0 Å². The molecule has 1 aliphatic rings. The molecule has 1 saturated carbocycles. The number of hydrogen-bond donors (Lipinski definition) is 2. The molecule has 0 aromatic carbocycles. The van der Waals surface area contributed by atoms with E-state index in [0.717, 1.165) is 11.7 Å². The normalized spacial score (nSPS) is 20.9. The van der Waals surface area contributed by atoms with Crippen molar-refractivity contribution in [2.75, 3.05) is 18.6 Å². The Balaban J connectivity index is 2.15. The number of likely N-dealkylation sites (N-methyl/N-ethyl adjacent to an activating group) is 1. The lowest BCUT2D eigenvalue weighted by molar-refractivity contribution is -0.144. The lowest BCUT2D eigenvalue weighted by Crippen LogP contribution is -2.47. The van der Waals surface area contributed by atoms with E-state index in [1.807, 2.05) is 11.8 Å². The topological polar surface area (TPSA) is 49.3 Å². The van der Waals surface area contributed by atoms with Crippen LogP contribution in [0.5, 0.6) is 0 Å². The van der Waals surface area contributed by atoms with Crippen molar-refractivity contribution in [2.24, 2.45) is 5.92 Å². The predicted molar refractivity (Wildman–Crippen MR) is 69.0 cm³/mol. The molecule has 0 spiro atoms. The van der Waals surface area contributed by atoms with Crippen molar-refractivity contribution >= 4 is 17.7 Å². The van der Waals surface area contributed by atoms with Gasteiger partial charge in [0.05, 0.1) is 0 Å². The zero-order valence-corrected chi connectivity index (χ0v) is 11.1. The van der Waals surface area contributed by atoms with Gasteiger partial charge in [-0.15, -0.1) is 0 Å². The van der Waals surface area contributed by atoms with Gasteiger partial charge in [-0.1, -0.05) is 12.8 Å². The molecule has 1 rings (SSSR count). The van der Waals surface area contributed by atoms with E-state index in [4.69, 9.17) is 5.11 Å². The van der Waals surface area contributed by atoms with Crippen LogP contribution < -0.4 is 5.32 Å². The molecule has 0 aromatic heterocycles. The lowest BCUT2D eigenvalue weighted by atomic mass is 10.00. The van der Waals surface area contributed by atoms with Crippen LogP contribution in [0.25, 0.3) is 0 Å². The first-order valence-corrected chi connectivity index (χ1v) is 7.24. The minimum Gasteiger partial charge on any atom is -0.480 e. The average Bonchev–Trinajstić information content (AvgIpc) is 2.76. The van der Waals surface area contributed by atoms with E-state index in [2.05, 4.69) is 5.32 Å². The maximum absolute atomic E-state index is 11.0. The monoisotopic (exact) mass is 245 g/mol. The molecule has 16 heavy (non-hydrogen) atoms. The molecule has 0 bridgehead atoms. The molecular weight excluding hydrogens is 222 g/mol. The summed E-state index contributed by atoms with van der Waals surface area (Å²) in [5, 5.41) is 12.0. The van der Waals surface area contributed by atoms with Gasteiger partial charge in [-0.3, -0.25) is 4.79 Å². The zero-order chi connectivity index (χ0) is 12.0. The standard InChI is InChI=1S/C12H23NO2S/c1-12(13-2,11(14)15)7-8-16-9-10-5-3-4-6-10/h10,13H,3-9H2,1-2H3,(H,14,15). The Kier molecular flexibility index (Phi) is 5.62. The fourth-order valence-corrected chi connectivity index (χ4v) is 3.43. The van der Waals surface area contributed by atoms with Crippen molar-refractivity contribution in [3.05, 3.63) is 0 Å². The first-order chi connectivity index (χ1) is 7.58. The Morgan fingerprint density at radius 3 is 2.62 bits per heavy atom. The van der Waals surface area contributed by atoms with Crippen LogP contribution >= 0.6 is 11.8 Å². The summed E-state index contributed by atoms with van der Waals surface area (Å²) in [5.41, 5.74) is -0.761. The van der Waals surface area contributed by atoms with Crippen LogP contribution in [0.2, 0.25) is 0 Å². The Morgan fingerprint density at radius 1 is 1.50 bits per heavy atom. The first kappa shape index (κ1) is 13.8. The summed E-state index contributed by atoms with van der Waals surface area (Å²) in [6.45, 7) is 1.76. The number of hydrogen-bond acceptors (Lipinski definition) is 3. The van der Waals surface area contributed by atoms with E-state index in [1.54, 1.807) is 14.0 Å². The summed E-state index contributed by atoms with van der Waals surface area (Å²) in [6, 6.07) is 0. The fourth-order valence-electron chi connectivity index (χ4n) is 2.04. The first-order valence-electron chi connectivity index (χ1n) is 6.08. The molecule has 2 N–H and O–H groups in total. The van der Waals surface area contributed by atoms with Gasteiger partial charge < -0.3 is 10.4 Å². The SMILES string of the molecule is CNC(C)(CCSCC1CCCC1)C(=O)O. The lowest BCUT2D eigenvalue weighted by Gasteiger charge is -2.24. The number of thioether (sulfide) groups is 1. The molecule has 0 saturated heterocycles. The quantitative estimate of drug-likeness (QED) is 0.676. The Morgan fingerprint density at radius 2 is 2.12 bits per heavy atom. The molecule has 0 heterocycles. The van der Waals surface area contributed by atoms with Crippen molar-refractivity contribution in [1.82, 2.24) is 5.32 Å². The highest BCUT2D eigenvalue weighted by Crippen LogP contribution is 2.28. The minimum atomic E-state index is -0.761. The van der Waals surface area contributed by atoms with Gasteiger partial charge in [-0.05, 0) is 50.7 Å². The maximum Gasteiger partial charge on any atom is 0.323 e. The van der Waals surface area contributed by atoms with Gasteiger partial charge in [0.2, 0.25) is 0 Å². The van der Waals surface area contributed by atoms with E-state index in [1.165, 1.54) is 31.4 Å². The number of rotatable bonds is 7. The van der Waals surface area contributed by atoms with Gasteiger partial charge in [0.1, 0.15) is 5.54 Å². The molecule has 0 radical (unpaired) electrons. The Bertz CT molecular complexity index is 229. The average molecular weight is 245 g/mol. The van der Waals surface area contributed by atoms with Crippen molar-refractivity contribution in [3.8, 4) is 0 Å². The summed E-state index contributed by atoms with van der Waals surface area (Å²) >= 11 is 1.91. The van der Waals surface area contributed by atoms with Crippen LogP contribution in [0.1, 0.15) is 39.0 Å². The summed E-state index contributed by atoms with van der Waals surface area (Å²) in [7, 11) is 1.72. The van der Waals surface area contributed by atoms with Crippen LogP contribution in [0.15, 0.2) is 0 Å². The predicted octanol–water partition coefficient (Wildman–Crippen LogP) is 2.36. The van der Waals surface area contributed by atoms with Crippen LogP contribution in [0.4, 0.5) is 0 Å². The maximum atomic E-state index is 11.0. The molecular formula is C12H23NO2S. The number of carbonyl (C=O) groups is 1. The zero-order valence-electron chi connectivity index (χ0n) is 10.3. The molecule has 1 fully saturated rings. The largest absolute Gasteiger partial charge is 0.480 e. The van der Waals surface area contributed by atoms with Gasteiger partial charge in [0.15, 0.2) is 0 Å². The van der Waals surface area contributed by atoms with E-state index in [0.29, 0.717) is 6.42 Å². The summed E-state index contributed by atoms with van der Waals surface area (Å²) < 4.78 is 0. The van der Waals surface area contributed by atoms with Gasteiger partial charge in [0.25, 0.3) is 0 Å². The van der Waals surface area contributed by atoms with Crippen LogP contribution in [0, 0.1) is 5.92 Å². The minimum absolute atomic E-state index is 0.691. The Labute approximate surface area is 102 Å². The van der Waals surface area contributed by atoms with Crippen molar-refractivity contribution in [1.29, 1.82) is 0 Å². The van der Waals surface area contributed by atoms with Crippen molar-refractivity contribution in [3.63, 3.8) is 0 Å². The second-order valence-corrected chi connectivity index (χ2v) is 6.01. The molecule has 4 heteroatoms. The highest BCUT2D eigenvalue weighted by atomic mass is 32.2. The van der Waals surface area contributed by atoms with Gasteiger partial charge in [-0.2, -0.15) is 11.8 Å². The molecule has 3 nitrogen and oxygen atoms in total. The summed E-state index contributed by atoms with van der Waals surface area (Å²) in [5.74, 6) is 2.27. The van der Waals surface area contributed by atoms with Crippen molar-refractivity contribution < 1.29 is 9.90 Å². The molecule has 94 valence electrons. The number of carboxylic acid groups (broad SMARTS) is 1. The van der Waals surface area contributed by atoms with Crippen molar-refractivity contribution in [2.45, 2.75) is 44.6 Å². The summed E-state index contributed by atoms with van der Waals surface area (Å²) in [6.07, 6.45) is 6.20. The van der Waals surface area contributed by atoms with E-state index in [-0.39, 0.29) is 0 Å². The smallest absolute Gasteiger partial charge is 0.323 e. The molecule has 1 unspecified atom stereocenters. The molecule has 1 atom stereocenters. The Hall–Kier alpha value is -0.220. The van der Waals surface area contributed by atoms with E-state index in [9.17, 15) is 4.79 Å². The highest BCUT2D eigenvalue weighted by molar-refractivity contribution is 7.99. The third kappa shape index (κ3) is 3.98. The van der Waals surface area contributed by atoms with Crippen LogP contribution in [-0.2, 0) is 4.79 Å². The fraction of sp³-hybridized carbons (Fsp3) is 0.917.